The maximum Gasteiger partial charge on any atom is 0.0698 e. The van der Waals surface area contributed by atoms with Crippen LogP contribution in [0.25, 0.3) is 0 Å². The van der Waals surface area contributed by atoms with Gasteiger partial charge in [0, 0.05) is 19.1 Å². The summed E-state index contributed by atoms with van der Waals surface area (Å²) >= 11 is 0. The largest absolute Gasteiger partial charge is 0.396 e. The zero-order valence-corrected chi connectivity index (χ0v) is 8.02. The fourth-order valence-corrected chi connectivity index (χ4v) is 0.289. The highest BCUT2D eigenvalue weighted by molar-refractivity contribution is 4.41. The molecule has 0 aromatic heterocycles. The second kappa shape index (κ2) is 14.3. The molecule has 0 amide bonds. The van der Waals surface area contributed by atoms with E-state index in [1.807, 2.05) is 0 Å². The van der Waals surface area contributed by atoms with Crippen molar-refractivity contribution in [3.05, 3.63) is 0 Å². The third-order valence-electron chi connectivity index (χ3n) is 1.09. The fourth-order valence-electron chi connectivity index (χ4n) is 0.289. The Balaban J connectivity index is 0. The Hall–Kier alpha value is -0.200. The van der Waals surface area contributed by atoms with E-state index >= 15 is 0 Å². The lowest BCUT2D eigenvalue weighted by Gasteiger charge is -1.97. The van der Waals surface area contributed by atoms with E-state index in [9.17, 15) is 0 Å². The van der Waals surface area contributed by atoms with Gasteiger partial charge in [0.15, 0.2) is 0 Å². The van der Waals surface area contributed by atoms with Crippen LogP contribution in [-0.4, -0.2) is 60.1 Å². The predicted molar refractivity (Wildman–Crippen MR) is 48.3 cm³/mol. The van der Waals surface area contributed by atoms with E-state index < -0.39 is 0 Å². The standard InChI is InChI=1S/C4H10O3.C4H10O2/c5-1-3-7-4-2-6;1-4(2-5)3-6/h5-6H,1-4H2;4-6H,2-3H2,1H3. The van der Waals surface area contributed by atoms with Crippen molar-refractivity contribution in [2.75, 3.05) is 39.6 Å². The maximum absolute atomic E-state index is 8.17. The topological polar surface area (TPSA) is 90.2 Å². The summed E-state index contributed by atoms with van der Waals surface area (Å²) in [6.45, 7) is 2.63. The fraction of sp³-hybridized carbons (Fsp3) is 1.00. The molecule has 5 heteroatoms. The molecular formula is C8H20O5. The molecule has 0 saturated heterocycles. The van der Waals surface area contributed by atoms with Gasteiger partial charge in [-0.2, -0.15) is 0 Å². The van der Waals surface area contributed by atoms with Crippen LogP contribution >= 0.6 is 0 Å². The molecule has 0 aromatic rings. The van der Waals surface area contributed by atoms with Gasteiger partial charge in [0.25, 0.3) is 0 Å². The third kappa shape index (κ3) is 18.6. The SMILES string of the molecule is CC(CO)CO.OCCOCCO. The van der Waals surface area contributed by atoms with Gasteiger partial charge in [0.1, 0.15) is 0 Å². The van der Waals surface area contributed by atoms with Crippen LogP contribution in [0.15, 0.2) is 0 Å². The summed E-state index contributed by atoms with van der Waals surface area (Å²) in [5.74, 6) is 0.0463. The van der Waals surface area contributed by atoms with Crippen molar-refractivity contribution in [3.8, 4) is 0 Å². The van der Waals surface area contributed by atoms with Crippen molar-refractivity contribution >= 4 is 0 Å². The first kappa shape index (κ1) is 15.3. The lowest BCUT2D eigenvalue weighted by atomic mass is 10.2. The first-order valence-corrected chi connectivity index (χ1v) is 4.24. The normalized spacial score (nSPS) is 9.69. The molecule has 0 bridgehead atoms. The third-order valence-corrected chi connectivity index (χ3v) is 1.09. The average molecular weight is 196 g/mol. The number of rotatable bonds is 6. The van der Waals surface area contributed by atoms with E-state index in [-0.39, 0.29) is 32.3 Å². The monoisotopic (exact) mass is 196 g/mol. The highest BCUT2D eigenvalue weighted by Gasteiger charge is 1.91. The molecule has 0 aliphatic carbocycles. The molecule has 0 aliphatic heterocycles. The van der Waals surface area contributed by atoms with Gasteiger partial charge in [-0.05, 0) is 0 Å². The van der Waals surface area contributed by atoms with Crippen LogP contribution < -0.4 is 0 Å². The Kier molecular flexibility index (Phi) is 16.8. The molecule has 0 aromatic carbocycles. The van der Waals surface area contributed by atoms with Crippen molar-refractivity contribution in [2.24, 2.45) is 5.92 Å². The van der Waals surface area contributed by atoms with Crippen LogP contribution in [0.2, 0.25) is 0 Å². The first-order chi connectivity index (χ1) is 6.22. The molecule has 4 N–H and O–H groups in total. The van der Waals surface area contributed by atoms with Crippen LogP contribution in [0.1, 0.15) is 6.92 Å². The van der Waals surface area contributed by atoms with E-state index in [2.05, 4.69) is 4.74 Å². The summed E-state index contributed by atoms with van der Waals surface area (Å²) in [5, 5.41) is 32.5. The Bertz CT molecular complexity index is 70.9. The minimum absolute atomic E-state index is 0.0278. The molecule has 82 valence electrons. The van der Waals surface area contributed by atoms with Crippen LogP contribution in [0.4, 0.5) is 0 Å². The lowest BCUT2D eigenvalue weighted by molar-refractivity contribution is 0.0650. The van der Waals surface area contributed by atoms with Crippen molar-refractivity contribution in [1.82, 2.24) is 0 Å². The number of aliphatic hydroxyl groups is 4. The van der Waals surface area contributed by atoms with Gasteiger partial charge in [-0.1, -0.05) is 6.92 Å². The Labute approximate surface area is 78.6 Å². The van der Waals surface area contributed by atoms with E-state index in [4.69, 9.17) is 20.4 Å². The van der Waals surface area contributed by atoms with Gasteiger partial charge in [-0.25, -0.2) is 0 Å². The molecule has 0 heterocycles. The minimum Gasteiger partial charge on any atom is -0.396 e. The van der Waals surface area contributed by atoms with E-state index in [1.54, 1.807) is 6.92 Å². The van der Waals surface area contributed by atoms with Gasteiger partial charge in [0.05, 0.1) is 26.4 Å². The van der Waals surface area contributed by atoms with Gasteiger partial charge in [-0.3, -0.25) is 0 Å². The van der Waals surface area contributed by atoms with Crippen molar-refractivity contribution < 1.29 is 25.2 Å². The van der Waals surface area contributed by atoms with Crippen LogP contribution in [0.3, 0.4) is 0 Å². The second-order valence-corrected chi connectivity index (χ2v) is 2.53. The van der Waals surface area contributed by atoms with Crippen LogP contribution in [-0.2, 0) is 4.74 Å². The smallest absolute Gasteiger partial charge is 0.0698 e. The van der Waals surface area contributed by atoms with E-state index in [1.165, 1.54) is 0 Å². The number of aliphatic hydroxyl groups excluding tert-OH is 4. The van der Waals surface area contributed by atoms with E-state index in [0.29, 0.717) is 13.2 Å². The summed E-state index contributed by atoms with van der Waals surface area (Å²) in [5.41, 5.74) is 0. The number of hydrogen-bond acceptors (Lipinski definition) is 5. The molecule has 0 spiro atoms. The van der Waals surface area contributed by atoms with E-state index in [0.717, 1.165) is 0 Å². The maximum atomic E-state index is 8.17. The molecule has 0 radical (unpaired) electrons. The molecule has 0 saturated carbocycles. The highest BCUT2D eigenvalue weighted by atomic mass is 16.5. The van der Waals surface area contributed by atoms with Crippen molar-refractivity contribution in [3.63, 3.8) is 0 Å². The van der Waals surface area contributed by atoms with Crippen molar-refractivity contribution in [2.45, 2.75) is 6.92 Å². The molecule has 0 fully saturated rings. The van der Waals surface area contributed by atoms with Crippen molar-refractivity contribution in [1.29, 1.82) is 0 Å². The van der Waals surface area contributed by atoms with Crippen LogP contribution in [0, 0.1) is 5.92 Å². The molecule has 5 nitrogen and oxygen atoms in total. The highest BCUT2D eigenvalue weighted by Crippen LogP contribution is 1.85. The Morgan fingerprint density at radius 2 is 1.31 bits per heavy atom. The molecule has 0 unspecified atom stereocenters. The van der Waals surface area contributed by atoms with Gasteiger partial charge >= 0.3 is 0 Å². The zero-order chi connectivity index (χ0) is 10.5. The number of ether oxygens (including phenoxy) is 1. The number of hydrogen-bond donors (Lipinski definition) is 4. The van der Waals surface area contributed by atoms with Gasteiger partial charge in [0.2, 0.25) is 0 Å². The summed E-state index contributed by atoms with van der Waals surface area (Å²) in [4.78, 5) is 0. The summed E-state index contributed by atoms with van der Waals surface area (Å²) in [6.07, 6.45) is 0. The summed E-state index contributed by atoms with van der Waals surface area (Å²) in [6, 6.07) is 0. The minimum atomic E-state index is 0.0278. The van der Waals surface area contributed by atoms with Gasteiger partial charge < -0.3 is 25.2 Å². The molecule has 0 rings (SSSR count). The molecule has 13 heavy (non-hydrogen) atoms. The average Bonchev–Trinajstić information content (AvgIpc) is 2.18. The first-order valence-electron chi connectivity index (χ1n) is 4.24. The lowest BCUT2D eigenvalue weighted by Crippen LogP contribution is -2.04. The predicted octanol–water partition coefficient (Wildman–Crippen LogP) is -1.41. The molecular weight excluding hydrogens is 176 g/mol. The summed E-state index contributed by atoms with van der Waals surface area (Å²) < 4.78 is 4.63. The Morgan fingerprint density at radius 1 is 0.923 bits per heavy atom. The molecule has 0 aliphatic rings. The van der Waals surface area contributed by atoms with Crippen LogP contribution in [0.5, 0.6) is 0 Å². The second-order valence-electron chi connectivity index (χ2n) is 2.53. The Morgan fingerprint density at radius 3 is 1.46 bits per heavy atom. The van der Waals surface area contributed by atoms with Gasteiger partial charge in [-0.15, -0.1) is 0 Å². The zero-order valence-electron chi connectivity index (χ0n) is 8.02. The quantitative estimate of drug-likeness (QED) is 0.392. The summed E-state index contributed by atoms with van der Waals surface area (Å²) in [7, 11) is 0. The molecule has 0 atom stereocenters.